The van der Waals surface area contributed by atoms with Gasteiger partial charge in [-0.3, -0.25) is 14.7 Å². The maximum Gasteiger partial charge on any atom is 0.416 e. The summed E-state index contributed by atoms with van der Waals surface area (Å²) in [4.78, 5) is 26.6. The van der Waals surface area contributed by atoms with E-state index >= 15 is 0 Å². The van der Waals surface area contributed by atoms with E-state index < -0.39 is 28.6 Å². The molecule has 13 heteroatoms. The van der Waals surface area contributed by atoms with Gasteiger partial charge in [0.25, 0.3) is 5.91 Å². The zero-order valence-corrected chi connectivity index (χ0v) is 21.1. The molecule has 1 aliphatic heterocycles. The molecule has 0 radical (unpaired) electrons. The Hall–Kier alpha value is -3.86. The van der Waals surface area contributed by atoms with Crippen LogP contribution in [0.5, 0.6) is 0 Å². The predicted molar refractivity (Wildman–Crippen MR) is 137 cm³/mol. The Labute approximate surface area is 219 Å². The van der Waals surface area contributed by atoms with Crippen LogP contribution in [0, 0.1) is 11.8 Å². The van der Waals surface area contributed by atoms with Crippen molar-refractivity contribution >= 4 is 28.4 Å². The molecule has 9 nitrogen and oxygen atoms in total. The minimum Gasteiger partial charge on any atom is -0.382 e. The van der Waals surface area contributed by atoms with E-state index in [0.717, 1.165) is 6.07 Å². The Kier molecular flexibility index (Phi) is 8.35. The van der Waals surface area contributed by atoms with Crippen LogP contribution in [0.25, 0.3) is 0 Å². The fraction of sp³-hybridized carbons (Fsp3) is 0.280. The molecule has 2 aromatic heterocycles. The molecule has 0 saturated carbocycles. The average molecular weight is 544 g/mol. The SMILES string of the molecule is CS(=O)N1CCN(Cc2ccc(NC(=O)c3cncc(C#Cc4cnc(N)cn4)c3)cc2C(F)(F)F)CC1. The third-order valence-electron chi connectivity index (χ3n) is 5.77. The van der Waals surface area contributed by atoms with Crippen LogP contribution >= 0.6 is 0 Å². The van der Waals surface area contributed by atoms with Crippen molar-refractivity contribution in [1.29, 1.82) is 0 Å². The predicted octanol–water partition coefficient (Wildman–Crippen LogP) is 2.54. The molecule has 1 atom stereocenters. The maximum atomic E-state index is 13.9. The number of aromatic nitrogens is 3. The fourth-order valence-electron chi connectivity index (χ4n) is 3.82. The van der Waals surface area contributed by atoms with Crippen molar-refractivity contribution in [2.24, 2.45) is 0 Å². The van der Waals surface area contributed by atoms with E-state index in [0.29, 0.717) is 37.4 Å². The van der Waals surface area contributed by atoms with E-state index in [4.69, 9.17) is 5.73 Å². The summed E-state index contributed by atoms with van der Waals surface area (Å²) >= 11 is 0. The largest absolute Gasteiger partial charge is 0.416 e. The summed E-state index contributed by atoms with van der Waals surface area (Å²) in [6.07, 6.45) is 2.49. The lowest BCUT2D eigenvalue weighted by Gasteiger charge is -2.33. The van der Waals surface area contributed by atoms with E-state index in [9.17, 15) is 22.2 Å². The Balaban J connectivity index is 1.47. The number of piperazine rings is 1. The average Bonchev–Trinajstić information content (AvgIpc) is 2.89. The molecular weight excluding hydrogens is 519 g/mol. The number of nitrogens with one attached hydrogen (secondary N) is 1. The van der Waals surface area contributed by atoms with Crippen molar-refractivity contribution in [2.75, 3.05) is 43.5 Å². The summed E-state index contributed by atoms with van der Waals surface area (Å²) in [5, 5.41) is 2.51. The summed E-state index contributed by atoms with van der Waals surface area (Å²) in [6.45, 7) is 2.14. The standard InChI is InChI=1S/C25H24F3N7O2S/c1-38(37)35-8-6-34(7-9-35)16-18-3-5-20(11-22(18)25(26,27)28)33-24(36)19-10-17(12-30-13-19)2-4-21-14-32-23(29)15-31-21/h3,5,10-15H,6-9,16H2,1H3,(H2,29,32)(H,33,36). The van der Waals surface area contributed by atoms with Crippen LogP contribution in [-0.4, -0.2) is 66.7 Å². The van der Waals surface area contributed by atoms with Gasteiger partial charge in [0.2, 0.25) is 0 Å². The van der Waals surface area contributed by atoms with Crippen molar-refractivity contribution < 1.29 is 22.2 Å². The van der Waals surface area contributed by atoms with Crippen molar-refractivity contribution in [1.82, 2.24) is 24.2 Å². The number of nitrogens with zero attached hydrogens (tertiary/aromatic N) is 5. The first-order valence-electron chi connectivity index (χ1n) is 11.5. The van der Waals surface area contributed by atoms with Gasteiger partial charge in [-0.2, -0.15) is 13.2 Å². The molecule has 198 valence electrons. The van der Waals surface area contributed by atoms with Gasteiger partial charge >= 0.3 is 6.18 Å². The van der Waals surface area contributed by atoms with Crippen LogP contribution in [-0.2, 0) is 23.7 Å². The molecule has 1 aromatic carbocycles. The zero-order valence-electron chi connectivity index (χ0n) is 20.3. The molecule has 1 unspecified atom stereocenters. The van der Waals surface area contributed by atoms with Crippen LogP contribution in [0.1, 0.15) is 32.7 Å². The minimum absolute atomic E-state index is 0.00547. The van der Waals surface area contributed by atoms with Crippen molar-refractivity contribution in [3.05, 3.63) is 77.0 Å². The molecule has 3 heterocycles. The summed E-state index contributed by atoms with van der Waals surface area (Å²) in [5.41, 5.74) is 5.70. The molecule has 3 N–H and O–H groups in total. The van der Waals surface area contributed by atoms with Gasteiger partial charge in [-0.15, -0.1) is 0 Å². The Morgan fingerprint density at radius 3 is 2.50 bits per heavy atom. The highest BCUT2D eigenvalue weighted by molar-refractivity contribution is 7.81. The second-order valence-electron chi connectivity index (χ2n) is 8.49. The molecule has 0 spiro atoms. The monoisotopic (exact) mass is 543 g/mol. The van der Waals surface area contributed by atoms with Gasteiger partial charge in [0.15, 0.2) is 0 Å². The number of amides is 1. The topological polar surface area (TPSA) is 117 Å². The van der Waals surface area contributed by atoms with Crippen molar-refractivity contribution in [3.63, 3.8) is 0 Å². The maximum absolute atomic E-state index is 13.9. The van der Waals surface area contributed by atoms with Crippen molar-refractivity contribution in [3.8, 4) is 11.8 Å². The number of anilines is 2. The molecule has 1 amide bonds. The normalized spacial score (nSPS) is 15.4. The van der Waals surface area contributed by atoms with E-state index in [1.807, 2.05) is 4.90 Å². The second-order valence-corrected chi connectivity index (χ2v) is 9.86. The second kappa shape index (κ2) is 11.7. The summed E-state index contributed by atoms with van der Waals surface area (Å²) in [5.74, 6) is 5.22. The lowest BCUT2D eigenvalue weighted by Crippen LogP contribution is -2.46. The molecule has 1 aliphatic rings. The number of alkyl halides is 3. The van der Waals surface area contributed by atoms with Crippen LogP contribution in [0.3, 0.4) is 0 Å². The Morgan fingerprint density at radius 1 is 1.08 bits per heavy atom. The third-order valence-corrected chi connectivity index (χ3v) is 6.86. The molecule has 0 bridgehead atoms. The number of hydrogen-bond donors (Lipinski definition) is 2. The van der Waals surface area contributed by atoms with E-state index in [1.165, 1.54) is 43.0 Å². The van der Waals surface area contributed by atoms with Crippen molar-refractivity contribution in [2.45, 2.75) is 12.7 Å². The number of carbonyl (C=O) groups excluding carboxylic acids is 1. The van der Waals surface area contributed by atoms with Gasteiger partial charge in [-0.1, -0.05) is 12.0 Å². The number of hydrogen-bond acceptors (Lipinski definition) is 7. The molecule has 38 heavy (non-hydrogen) atoms. The Bertz CT molecular complexity index is 1400. The number of pyridine rings is 1. The summed E-state index contributed by atoms with van der Waals surface area (Å²) in [6, 6.07) is 5.22. The number of halogens is 3. The highest BCUT2D eigenvalue weighted by atomic mass is 32.2. The van der Waals surface area contributed by atoms with Gasteiger partial charge in [0.05, 0.1) is 34.5 Å². The fourth-order valence-corrected chi connectivity index (χ4v) is 4.49. The summed E-state index contributed by atoms with van der Waals surface area (Å²) < 4.78 is 55.1. The van der Waals surface area contributed by atoms with Gasteiger partial charge in [0.1, 0.15) is 11.5 Å². The first kappa shape index (κ1) is 27.2. The van der Waals surface area contributed by atoms with Gasteiger partial charge < -0.3 is 11.1 Å². The van der Waals surface area contributed by atoms with Gasteiger partial charge in [0, 0.05) is 62.6 Å². The number of benzene rings is 1. The lowest BCUT2D eigenvalue weighted by atomic mass is 10.0. The van der Waals surface area contributed by atoms with E-state index in [-0.39, 0.29) is 29.2 Å². The number of nitrogen functional groups attached to an aromatic ring is 1. The number of nitrogens with two attached hydrogens (primary N) is 1. The minimum atomic E-state index is -4.61. The van der Waals surface area contributed by atoms with E-state index in [2.05, 4.69) is 32.1 Å². The van der Waals surface area contributed by atoms with Gasteiger partial charge in [-0.25, -0.2) is 18.5 Å². The lowest BCUT2D eigenvalue weighted by molar-refractivity contribution is -0.138. The number of carbonyl (C=O) groups is 1. The molecule has 4 rings (SSSR count). The Morgan fingerprint density at radius 2 is 1.84 bits per heavy atom. The van der Waals surface area contributed by atoms with Crippen LogP contribution in [0.4, 0.5) is 24.7 Å². The van der Waals surface area contributed by atoms with Crippen LogP contribution in [0.2, 0.25) is 0 Å². The molecule has 1 fully saturated rings. The first-order valence-corrected chi connectivity index (χ1v) is 13.0. The molecule has 1 saturated heterocycles. The van der Waals surface area contributed by atoms with E-state index in [1.54, 1.807) is 10.6 Å². The van der Waals surface area contributed by atoms with Crippen LogP contribution < -0.4 is 11.1 Å². The number of rotatable bonds is 5. The first-order chi connectivity index (χ1) is 18.1. The molecular formula is C25H24F3N7O2S. The molecule has 0 aliphatic carbocycles. The smallest absolute Gasteiger partial charge is 0.382 e. The zero-order chi connectivity index (χ0) is 27.3. The third kappa shape index (κ3) is 7.12. The summed E-state index contributed by atoms with van der Waals surface area (Å²) in [7, 11) is -1.10. The molecule has 3 aromatic rings. The van der Waals surface area contributed by atoms with Crippen LogP contribution in [0.15, 0.2) is 49.1 Å². The van der Waals surface area contributed by atoms with Gasteiger partial charge in [-0.05, 0) is 29.7 Å². The highest BCUT2D eigenvalue weighted by Gasteiger charge is 2.34. The quantitative estimate of drug-likeness (QED) is 0.475. The highest BCUT2D eigenvalue weighted by Crippen LogP contribution is 2.34.